The van der Waals surface area contributed by atoms with Gasteiger partial charge in [-0.25, -0.2) is 0 Å². The second kappa shape index (κ2) is 8.41. The molecule has 0 bridgehead atoms. The summed E-state index contributed by atoms with van der Waals surface area (Å²) in [4.78, 5) is 26.9. The number of methoxy groups -OCH3 is 2. The van der Waals surface area contributed by atoms with Crippen LogP contribution in [0.3, 0.4) is 0 Å². The first kappa shape index (κ1) is 21.1. The van der Waals surface area contributed by atoms with Crippen molar-refractivity contribution in [1.29, 1.82) is 0 Å². The van der Waals surface area contributed by atoms with E-state index in [9.17, 15) is 9.59 Å². The highest BCUT2D eigenvalue weighted by Crippen LogP contribution is 2.37. The molecule has 0 atom stereocenters. The zero-order valence-corrected chi connectivity index (χ0v) is 18.0. The summed E-state index contributed by atoms with van der Waals surface area (Å²) in [5.74, 6) is -0.460. The van der Waals surface area contributed by atoms with Gasteiger partial charge in [0.15, 0.2) is 16.6 Å². The number of benzene rings is 2. The number of thiocarbonyl (C=S) groups is 1. The van der Waals surface area contributed by atoms with Crippen LogP contribution in [-0.2, 0) is 9.59 Å². The quantitative estimate of drug-likeness (QED) is 0.430. The van der Waals surface area contributed by atoms with E-state index >= 15 is 0 Å². The minimum atomic E-state index is -0.609. The standard InChI is InChI=1S/C20H16Cl2N2O4S/c1-10-13(21)5-4-6-15(10)24-19(26)12(18(25)23-20(24)29)7-11-8-14(22)17(28-3)16(9-11)27-2/h4-9H,1-3H3,(H,23,25,29)/b12-7+. The molecule has 1 fully saturated rings. The molecule has 0 spiro atoms. The first-order valence-electron chi connectivity index (χ1n) is 8.36. The van der Waals surface area contributed by atoms with E-state index < -0.39 is 11.8 Å². The van der Waals surface area contributed by atoms with E-state index in [2.05, 4.69) is 5.32 Å². The maximum atomic E-state index is 13.2. The molecule has 0 aromatic heterocycles. The third-order valence-electron chi connectivity index (χ3n) is 4.35. The predicted molar refractivity (Wildman–Crippen MR) is 117 cm³/mol. The first-order chi connectivity index (χ1) is 13.8. The smallest absolute Gasteiger partial charge is 0.270 e. The topological polar surface area (TPSA) is 67.9 Å². The van der Waals surface area contributed by atoms with E-state index in [4.69, 9.17) is 44.9 Å². The maximum Gasteiger partial charge on any atom is 0.270 e. The summed E-state index contributed by atoms with van der Waals surface area (Å²) in [6.45, 7) is 1.77. The number of hydrogen-bond acceptors (Lipinski definition) is 5. The summed E-state index contributed by atoms with van der Waals surface area (Å²) in [5.41, 5.74) is 1.53. The Hall–Kier alpha value is -2.61. The van der Waals surface area contributed by atoms with Crippen LogP contribution in [-0.4, -0.2) is 31.1 Å². The number of nitrogens with zero attached hydrogens (tertiary/aromatic N) is 1. The van der Waals surface area contributed by atoms with E-state index in [0.29, 0.717) is 33.3 Å². The first-order valence-corrected chi connectivity index (χ1v) is 9.53. The van der Waals surface area contributed by atoms with Crippen LogP contribution in [0.4, 0.5) is 5.69 Å². The average molecular weight is 451 g/mol. The molecule has 1 aliphatic rings. The fraction of sp³-hybridized carbons (Fsp3) is 0.150. The van der Waals surface area contributed by atoms with E-state index in [1.165, 1.54) is 25.2 Å². The Bertz CT molecular complexity index is 1070. The molecule has 2 aromatic rings. The van der Waals surface area contributed by atoms with Gasteiger partial charge in [0.25, 0.3) is 11.8 Å². The lowest BCUT2D eigenvalue weighted by atomic mass is 10.1. The third kappa shape index (κ3) is 3.94. The zero-order chi connectivity index (χ0) is 21.3. The molecule has 1 saturated heterocycles. The summed E-state index contributed by atoms with van der Waals surface area (Å²) in [6.07, 6.45) is 1.42. The van der Waals surface area contributed by atoms with Crippen molar-refractivity contribution in [2.75, 3.05) is 19.1 Å². The number of carbonyl (C=O) groups excluding carboxylic acids is 2. The van der Waals surface area contributed by atoms with Gasteiger partial charge in [-0.05, 0) is 60.6 Å². The number of hydrogen-bond donors (Lipinski definition) is 1. The highest BCUT2D eigenvalue weighted by Gasteiger charge is 2.35. The molecule has 1 heterocycles. The van der Waals surface area contributed by atoms with Crippen LogP contribution in [0.2, 0.25) is 10.0 Å². The molecule has 2 amide bonds. The van der Waals surface area contributed by atoms with Crippen LogP contribution in [0.5, 0.6) is 11.5 Å². The number of amides is 2. The molecule has 3 rings (SSSR count). The fourth-order valence-electron chi connectivity index (χ4n) is 2.90. The van der Waals surface area contributed by atoms with Gasteiger partial charge in [0.2, 0.25) is 0 Å². The summed E-state index contributed by atoms with van der Waals surface area (Å²) in [5, 5.41) is 3.27. The molecule has 2 aromatic carbocycles. The number of anilines is 1. The Morgan fingerprint density at radius 1 is 1.10 bits per heavy atom. The Morgan fingerprint density at radius 2 is 1.83 bits per heavy atom. The van der Waals surface area contributed by atoms with Gasteiger partial charge in [-0.15, -0.1) is 0 Å². The van der Waals surface area contributed by atoms with Crippen molar-refractivity contribution in [3.63, 3.8) is 0 Å². The number of ether oxygens (including phenoxy) is 2. The van der Waals surface area contributed by atoms with E-state index in [1.54, 1.807) is 37.3 Å². The largest absolute Gasteiger partial charge is 0.493 e. The van der Waals surface area contributed by atoms with Gasteiger partial charge in [-0.1, -0.05) is 29.3 Å². The number of carbonyl (C=O) groups is 2. The van der Waals surface area contributed by atoms with Crippen LogP contribution < -0.4 is 19.7 Å². The second-order valence-corrected chi connectivity index (χ2v) is 7.28. The lowest BCUT2D eigenvalue weighted by molar-refractivity contribution is -0.122. The van der Waals surface area contributed by atoms with Gasteiger partial charge >= 0.3 is 0 Å². The highest BCUT2D eigenvalue weighted by atomic mass is 35.5. The molecule has 150 valence electrons. The molecular weight excluding hydrogens is 435 g/mol. The fourth-order valence-corrected chi connectivity index (χ4v) is 3.64. The van der Waals surface area contributed by atoms with Gasteiger partial charge in [0, 0.05) is 5.02 Å². The van der Waals surface area contributed by atoms with Gasteiger partial charge in [0.05, 0.1) is 24.9 Å². The minimum Gasteiger partial charge on any atom is -0.493 e. The molecule has 1 N–H and O–H groups in total. The second-order valence-electron chi connectivity index (χ2n) is 6.08. The van der Waals surface area contributed by atoms with Crippen LogP contribution in [0.25, 0.3) is 6.08 Å². The normalized spacial score (nSPS) is 15.6. The van der Waals surface area contributed by atoms with E-state index in [-0.39, 0.29) is 15.7 Å². The van der Waals surface area contributed by atoms with Crippen LogP contribution in [0.15, 0.2) is 35.9 Å². The molecule has 0 unspecified atom stereocenters. The Kier molecular flexibility index (Phi) is 6.12. The van der Waals surface area contributed by atoms with Gasteiger partial charge in [-0.2, -0.15) is 0 Å². The van der Waals surface area contributed by atoms with Crippen LogP contribution >= 0.6 is 35.4 Å². The Balaban J connectivity index is 2.09. The summed E-state index contributed by atoms with van der Waals surface area (Å²) in [7, 11) is 2.93. The molecular formula is C20H16Cl2N2O4S. The third-order valence-corrected chi connectivity index (χ3v) is 5.32. The molecule has 0 radical (unpaired) electrons. The molecule has 0 saturated carbocycles. The molecule has 1 aliphatic heterocycles. The van der Waals surface area contributed by atoms with Crippen molar-refractivity contribution in [3.05, 3.63) is 57.1 Å². The number of halogens is 2. The Labute approximate surface area is 183 Å². The lowest BCUT2D eigenvalue weighted by Gasteiger charge is -2.30. The average Bonchev–Trinajstić information content (AvgIpc) is 2.67. The van der Waals surface area contributed by atoms with Crippen molar-refractivity contribution in [3.8, 4) is 11.5 Å². The van der Waals surface area contributed by atoms with Crippen LogP contribution in [0, 0.1) is 6.92 Å². The van der Waals surface area contributed by atoms with Crippen LogP contribution in [0.1, 0.15) is 11.1 Å². The van der Waals surface area contributed by atoms with Crippen molar-refractivity contribution in [2.45, 2.75) is 6.92 Å². The molecule has 9 heteroatoms. The lowest BCUT2D eigenvalue weighted by Crippen LogP contribution is -2.54. The van der Waals surface area contributed by atoms with Crippen molar-refractivity contribution in [2.24, 2.45) is 0 Å². The molecule has 0 aliphatic carbocycles. The van der Waals surface area contributed by atoms with Gasteiger partial charge in [-0.3, -0.25) is 19.8 Å². The van der Waals surface area contributed by atoms with E-state index in [1.807, 2.05) is 0 Å². The number of nitrogens with one attached hydrogen (secondary N) is 1. The number of rotatable bonds is 4. The van der Waals surface area contributed by atoms with Crippen molar-refractivity contribution < 1.29 is 19.1 Å². The van der Waals surface area contributed by atoms with E-state index in [0.717, 1.165) is 0 Å². The summed E-state index contributed by atoms with van der Waals surface area (Å²) < 4.78 is 10.5. The molecule has 6 nitrogen and oxygen atoms in total. The van der Waals surface area contributed by atoms with Crippen molar-refractivity contribution in [1.82, 2.24) is 5.32 Å². The summed E-state index contributed by atoms with van der Waals surface area (Å²) >= 11 is 17.6. The van der Waals surface area contributed by atoms with Gasteiger partial charge < -0.3 is 9.47 Å². The monoisotopic (exact) mass is 450 g/mol. The van der Waals surface area contributed by atoms with Gasteiger partial charge in [0.1, 0.15) is 5.57 Å². The maximum absolute atomic E-state index is 13.2. The summed E-state index contributed by atoms with van der Waals surface area (Å²) in [6, 6.07) is 8.29. The zero-order valence-electron chi connectivity index (χ0n) is 15.7. The Morgan fingerprint density at radius 3 is 2.48 bits per heavy atom. The SMILES string of the molecule is COc1cc(/C=C2\C(=O)NC(=S)N(c3cccc(Cl)c3C)C2=O)cc(Cl)c1OC. The molecule has 29 heavy (non-hydrogen) atoms. The minimum absolute atomic E-state index is 0.0205. The van der Waals surface area contributed by atoms with Crippen molar-refractivity contribution >= 4 is 64.1 Å². The predicted octanol–water partition coefficient (Wildman–Crippen LogP) is 4.15. The highest BCUT2D eigenvalue weighted by molar-refractivity contribution is 7.80.